The minimum Gasteiger partial charge on any atom is -0.353 e. The molecule has 0 bridgehead atoms. The van der Waals surface area contributed by atoms with Crippen LogP contribution in [0.15, 0.2) is 24.8 Å². The van der Waals surface area contributed by atoms with Crippen molar-refractivity contribution >= 4 is 11.5 Å². The lowest BCUT2D eigenvalue weighted by atomic mass is 10.2. The van der Waals surface area contributed by atoms with E-state index in [1.165, 1.54) is 0 Å². The molecule has 2 aromatic heterocycles. The van der Waals surface area contributed by atoms with E-state index in [2.05, 4.69) is 40.5 Å². The van der Waals surface area contributed by atoms with Crippen molar-refractivity contribution in [1.29, 1.82) is 0 Å². The highest BCUT2D eigenvalue weighted by Crippen LogP contribution is 2.17. The van der Waals surface area contributed by atoms with Gasteiger partial charge < -0.3 is 9.80 Å². The van der Waals surface area contributed by atoms with Crippen molar-refractivity contribution in [2.24, 2.45) is 0 Å². The Morgan fingerprint density at radius 3 is 2.70 bits per heavy atom. The third-order valence-electron chi connectivity index (χ3n) is 3.92. The van der Waals surface area contributed by atoms with Gasteiger partial charge in [-0.15, -0.1) is 11.7 Å². The zero-order chi connectivity index (χ0) is 14.1. The molecular formula is C15H21N5. The van der Waals surface area contributed by atoms with Gasteiger partial charge in [0.2, 0.25) is 0 Å². The molecule has 1 fully saturated rings. The number of rotatable bonds is 3. The second-order valence-electron chi connectivity index (χ2n) is 5.39. The van der Waals surface area contributed by atoms with Gasteiger partial charge in [-0.3, -0.25) is 0 Å². The number of fused-ring (bicyclic) bond motifs is 1. The Labute approximate surface area is 119 Å². The quantitative estimate of drug-likeness (QED) is 0.793. The number of imidazole rings is 1. The minimum absolute atomic E-state index is 0.798. The molecule has 1 aliphatic rings. The fourth-order valence-corrected chi connectivity index (χ4v) is 2.65. The van der Waals surface area contributed by atoms with Crippen LogP contribution in [-0.2, 0) is 6.42 Å². The normalized spacial score (nSPS) is 16.8. The minimum atomic E-state index is 0.798. The number of allylic oxidation sites excluding steroid dienone is 1. The van der Waals surface area contributed by atoms with E-state index in [-0.39, 0.29) is 0 Å². The number of anilines is 1. The summed E-state index contributed by atoms with van der Waals surface area (Å²) in [6.07, 6.45) is 2.70. The number of nitrogens with zero attached hydrogens (tertiary/aromatic N) is 5. The van der Waals surface area contributed by atoms with E-state index in [4.69, 9.17) is 5.10 Å². The highest BCUT2D eigenvalue weighted by atomic mass is 15.4. The third-order valence-corrected chi connectivity index (χ3v) is 3.92. The molecule has 0 atom stereocenters. The van der Waals surface area contributed by atoms with Crippen LogP contribution in [-0.4, -0.2) is 52.7 Å². The Morgan fingerprint density at radius 2 is 2.00 bits per heavy atom. The molecular weight excluding hydrogens is 250 g/mol. The van der Waals surface area contributed by atoms with Crippen LogP contribution in [0.3, 0.4) is 0 Å². The van der Waals surface area contributed by atoms with Gasteiger partial charge in [-0.1, -0.05) is 6.08 Å². The highest BCUT2D eigenvalue weighted by molar-refractivity contribution is 5.48. The lowest BCUT2D eigenvalue weighted by Gasteiger charge is -2.33. The van der Waals surface area contributed by atoms with Gasteiger partial charge in [-0.25, -0.2) is 9.50 Å². The molecule has 20 heavy (non-hydrogen) atoms. The van der Waals surface area contributed by atoms with E-state index in [9.17, 15) is 0 Å². The first-order valence-corrected chi connectivity index (χ1v) is 7.08. The maximum Gasteiger partial charge on any atom is 0.154 e. The molecule has 3 heterocycles. The molecule has 1 aliphatic heterocycles. The molecule has 0 spiro atoms. The Hall–Kier alpha value is -1.88. The van der Waals surface area contributed by atoms with E-state index in [1.54, 1.807) is 0 Å². The van der Waals surface area contributed by atoms with E-state index in [0.717, 1.165) is 55.5 Å². The highest BCUT2D eigenvalue weighted by Gasteiger charge is 2.17. The summed E-state index contributed by atoms with van der Waals surface area (Å²) in [5, 5.41) is 4.78. The summed E-state index contributed by atoms with van der Waals surface area (Å²) in [5.74, 6) is 1.04. The standard InChI is InChI=1S/C15H21N5/c1-4-5-13-12(2)16-14-6-7-15(17-20(13)14)19-10-8-18(3)9-11-19/h4,6-7H,1,5,8-11H2,2-3H3. The van der Waals surface area contributed by atoms with Gasteiger partial charge in [0.25, 0.3) is 0 Å². The monoisotopic (exact) mass is 271 g/mol. The Kier molecular flexibility index (Phi) is 3.44. The molecule has 3 rings (SSSR count). The van der Waals surface area contributed by atoms with Crippen molar-refractivity contribution in [3.8, 4) is 0 Å². The summed E-state index contributed by atoms with van der Waals surface area (Å²) < 4.78 is 1.96. The van der Waals surface area contributed by atoms with E-state index < -0.39 is 0 Å². The predicted octanol–water partition coefficient (Wildman–Crippen LogP) is 1.52. The van der Waals surface area contributed by atoms with Crippen molar-refractivity contribution < 1.29 is 0 Å². The average molecular weight is 271 g/mol. The van der Waals surface area contributed by atoms with Crippen LogP contribution in [0.2, 0.25) is 0 Å². The van der Waals surface area contributed by atoms with Crippen molar-refractivity contribution in [3.05, 3.63) is 36.2 Å². The first-order valence-electron chi connectivity index (χ1n) is 7.08. The van der Waals surface area contributed by atoms with Gasteiger partial charge in [-0.2, -0.15) is 0 Å². The third kappa shape index (κ3) is 2.29. The van der Waals surface area contributed by atoms with Crippen molar-refractivity contribution in [2.75, 3.05) is 38.1 Å². The molecule has 1 saturated heterocycles. The van der Waals surface area contributed by atoms with Gasteiger partial charge in [0.15, 0.2) is 5.65 Å². The number of piperazine rings is 1. The molecule has 0 N–H and O–H groups in total. The van der Waals surface area contributed by atoms with Crippen molar-refractivity contribution in [3.63, 3.8) is 0 Å². The Bertz CT molecular complexity index is 622. The molecule has 0 unspecified atom stereocenters. The van der Waals surface area contributed by atoms with E-state index in [1.807, 2.05) is 17.5 Å². The zero-order valence-corrected chi connectivity index (χ0v) is 12.2. The second kappa shape index (κ2) is 5.25. The fraction of sp³-hybridized carbons (Fsp3) is 0.467. The van der Waals surface area contributed by atoms with Crippen LogP contribution in [0.1, 0.15) is 11.4 Å². The van der Waals surface area contributed by atoms with Crippen LogP contribution < -0.4 is 4.90 Å². The molecule has 5 heteroatoms. The van der Waals surface area contributed by atoms with Crippen LogP contribution in [0.5, 0.6) is 0 Å². The number of hydrogen-bond donors (Lipinski definition) is 0. The number of aryl methyl sites for hydroxylation is 1. The summed E-state index contributed by atoms with van der Waals surface area (Å²) in [4.78, 5) is 9.24. The zero-order valence-electron chi connectivity index (χ0n) is 12.2. The lowest BCUT2D eigenvalue weighted by Crippen LogP contribution is -2.44. The van der Waals surface area contributed by atoms with Crippen LogP contribution in [0.4, 0.5) is 5.82 Å². The summed E-state index contributed by atoms with van der Waals surface area (Å²) in [6, 6.07) is 4.13. The molecule has 0 aromatic carbocycles. The maximum atomic E-state index is 4.78. The fourth-order valence-electron chi connectivity index (χ4n) is 2.65. The smallest absolute Gasteiger partial charge is 0.154 e. The van der Waals surface area contributed by atoms with Gasteiger partial charge in [-0.05, 0) is 26.1 Å². The first-order chi connectivity index (χ1) is 9.69. The van der Waals surface area contributed by atoms with Crippen molar-refractivity contribution in [1.82, 2.24) is 19.5 Å². The topological polar surface area (TPSA) is 36.7 Å². The molecule has 0 aliphatic carbocycles. The van der Waals surface area contributed by atoms with Crippen LogP contribution in [0.25, 0.3) is 5.65 Å². The summed E-state index contributed by atoms with van der Waals surface area (Å²) in [7, 11) is 2.16. The van der Waals surface area contributed by atoms with Crippen LogP contribution in [0, 0.1) is 6.92 Å². The number of hydrogen-bond acceptors (Lipinski definition) is 4. The lowest BCUT2D eigenvalue weighted by molar-refractivity contribution is 0.311. The molecule has 0 radical (unpaired) electrons. The molecule has 106 valence electrons. The number of aromatic nitrogens is 3. The van der Waals surface area contributed by atoms with Gasteiger partial charge in [0.05, 0.1) is 11.4 Å². The van der Waals surface area contributed by atoms with Gasteiger partial charge in [0, 0.05) is 32.6 Å². The van der Waals surface area contributed by atoms with Gasteiger partial charge >= 0.3 is 0 Å². The average Bonchev–Trinajstić information content (AvgIpc) is 2.76. The maximum absolute atomic E-state index is 4.78. The SMILES string of the molecule is C=CCc1c(C)nc2ccc(N3CCN(C)CC3)nn12. The molecule has 0 amide bonds. The molecule has 2 aromatic rings. The Balaban J connectivity index is 1.96. The predicted molar refractivity (Wildman–Crippen MR) is 81.3 cm³/mol. The second-order valence-corrected chi connectivity index (χ2v) is 5.39. The molecule has 0 saturated carbocycles. The largest absolute Gasteiger partial charge is 0.353 e. The van der Waals surface area contributed by atoms with Gasteiger partial charge in [0.1, 0.15) is 5.82 Å². The summed E-state index contributed by atoms with van der Waals surface area (Å²) in [5.41, 5.74) is 3.08. The number of likely N-dealkylation sites (N-methyl/N-ethyl adjacent to an activating group) is 1. The molecule has 5 nitrogen and oxygen atoms in total. The van der Waals surface area contributed by atoms with Crippen LogP contribution >= 0.6 is 0 Å². The summed E-state index contributed by atoms with van der Waals surface area (Å²) in [6.45, 7) is 10.1. The summed E-state index contributed by atoms with van der Waals surface area (Å²) >= 11 is 0. The van der Waals surface area contributed by atoms with E-state index in [0.29, 0.717) is 0 Å². The first kappa shape index (κ1) is 13.1. The Morgan fingerprint density at radius 1 is 1.25 bits per heavy atom. The van der Waals surface area contributed by atoms with Crippen molar-refractivity contribution in [2.45, 2.75) is 13.3 Å². The van der Waals surface area contributed by atoms with E-state index >= 15 is 0 Å².